The summed E-state index contributed by atoms with van der Waals surface area (Å²) in [5.41, 5.74) is 1.68. The van der Waals surface area contributed by atoms with Gasteiger partial charge in [-0.05, 0) is 145 Å². The molecule has 0 aromatic heterocycles. The van der Waals surface area contributed by atoms with Crippen LogP contribution in [-0.4, -0.2) is 56.6 Å². The van der Waals surface area contributed by atoms with E-state index in [4.69, 9.17) is 18.1 Å². The average molecular weight is 596 g/mol. The Bertz CT molecular complexity index is 894. The quantitative estimate of drug-likeness (QED) is 0.152. The molecule has 0 amide bonds. The van der Waals surface area contributed by atoms with Crippen LogP contribution < -0.4 is 0 Å². The number of rotatable bonds is 9. The Morgan fingerprint density at radius 3 is 2.05 bits per heavy atom. The third-order valence-corrected chi connectivity index (χ3v) is 13.9. The maximum atomic E-state index is 7.26. The van der Waals surface area contributed by atoms with E-state index in [-0.39, 0.29) is 5.41 Å². The van der Waals surface area contributed by atoms with Gasteiger partial charge >= 0.3 is 0 Å². The van der Waals surface area contributed by atoms with Gasteiger partial charge in [-0.15, -0.1) is 0 Å². The molecule has 0 heterocycles. The van der Waals surface area contributed by atoms with Gasteiger partial charge in [0.25, 0.3) is 0 Å². The van der Waals surface area contributed by atoms with Crippen molar-refractivity contribution in [3.63, 3.8) is 0 Å². The van der Waals surface area contributed by atoms with E-state index >= 15 is 0 Å². The zero-order valence-electron chi connectivity index (χ0n) is 27.5. The highest BCUT2D eigenvalue weighted by atomic mass is 28.4. The topological polar surface area (TPSA) is 49.3 Å². The lowest BCUT2D eigenvalue weighted by atomic mass is 9.44. The molecule has 4 aliphatic carbocycles. The van der Waals surface area contributed by atoms with Gasteiger partial charge in [0.15, 0.2) is 25.0 Å². The van der Waals surface area contributed by atoms with Crippen molar-refractivity contribution in [1.82, 2.24) is 0 Å². The van der Waals surface area contributed by atoms with Crippen LogP contribution in [0.4, 0.5) is 0 Å². The molecule has 8 heteroatoms. The van der Waals surface area contributed by atoms with Gasteiger partial charge < -0.3 is 18.1 Å². The lowest BCUT2D eigenvalue weighted by Crippen LogP contribution is -2.61. The average Bonchev–Trinajstić information content (AvgIpc) is 3.10. The smallest absolute Gasteiger partial charge is 0.184 e. The summed E-state index contributed by atoms with van der Waals surface area (Å²) in [5, 5.41) is 4.64. The van der Waals surface area contributed by atoms with Crippen molar-refractivity contribution in [2.45, 2.75) is 136 Å². The van der Waals surface area contributed by atoms with Crippen LogP contribution in [-0.2, 0) is 18.1 Å². The minimum absolute atomic E-state index is 0.187. The van der Waals surface area contributed by atoms with Gasteiger partial charge in [-0.25, -0.2) is 0 Å². The molecule has 0 radical (unpaired) electrons. The largest absolute Gasteiger partial charge is 0.415 e. The van der Waals surface area contributed by atoms with E-state index in [1.807, 2.05) is 0 Å². The Morgan fingerprint density at radius 1 is 0.795 bits per heavy atom. The van der Waals surface area contributed by atoms with E-state index in [9.17, 15) is 0 Å². The van der Waals surface area contributed by atoms with Crippen LogP contribution in [0.15, 0.2) is 5.16 Å². The van der Waals surface area contributed by atoms with E-state index in [0.717, 1.165) is 29.9 Å². The second kappa shape index (κ2) is 11.3. The predicted octanol–water partition coefficient (Wildman–Crippen LogP) is 8.55. The SMILES string of the molecule is CO/N=C(\CO[Si](C)(C)C)[C@H]1CC[C@H]2[C@@H]3CC[C@H]4C[C@H](O[Si](C)(C)C)CC[C@]4(C)[C@H]3[C@@H](O[Si](C)(C)C)C[C@]12C. The molecule has 0 saturated heterocycles. The lowest BCUT2D eigenvalue weighted by Gasteiger charge is -2.64. The summed E-state index contributed by atoms with van der Waals surface area (Å²) in [6.07, 6.45) is 11.0. The molecule has 5 nitrogen and oxygen atoms in total. The summed E-state index contributed by atoms with van der Waals surface area (Å²) in [5.74, 6) is 3.32. The molecule has 0 aliphatic heterocycles. The van der Waals surface area contributed by atoms with Crippen molar-refractivity contribution in [1.29, 1.82) is 0 Å². The van der Waals surface area contributed by atoms with Crippen LogP contribution in [0, 0.1) is 40.4 Å². The molecule has 4 fully saturated rings. The fourth-order valence-electron chi connectivity index (χ4n) is 9.62. The molecule has 4 aliphatic rings. The van der Waals surface area contributed by atoms with E-state index in [0.29, 0.717) is 36.1 Å². The van der Waals surface area contributed by atoms with Crippen molar-refractivity contribution >= 4 is 30.7 Å². The van der Waals surface area contributed by atoms with Gasteiger partial charge in [0.2, 0.25) is 0 Å². The zero-order chi connectivity index (χ0) is 29.0. The second-order valence-electron chi connectivity index (χ2n) is 17.0. The molecule has 0 N–H and O–H groups in total. The molecular formula is C31H61NO4Si3. The molecular weight excluding hydrogens is 535 g/mol. The van der Waals surface area contributed by atoms with Crippen molar-refractivity contribution in [2.24, 2.45) is 45.6 Å². The summed E-state index contributed by atoms with van der Waals surface area (Å²) < 4.78 is 20.4. The van der Waals surface area contributed by atoms with E-state index in [2.05, 4.69) is 77.9 Å². The third kappa shape index (κ3) is 6.98. The number of hydrogen-bond donors (Lipinski definition) is 0. The van der Waals surface area contributed by atoms with Crippen molar-refractivity contribution in [2.75, 3.05) is 13.7 Å². The third-order valence-electron chi connectivity index (χ3n) is 10.8. The first kappa shape index (κ1) is 31.9. The Kier molecular flexibility index (Phi) is 9.21. The minimum Gasteiger partial charge on any atom is -0.415 e. The Labute approximate surface area is 243 Å². The lowest BCUT2D eigenvalue weighted by molar-refractivity contribution is -0.168. The van der Waals surface area contributed by atoms with Crippen molar-refractivity contribution < 1.29 is 18.1 Å². The van der Waals surface area contributed by atoms with Crippen LogP contribution in [0.5, 0.6) is 0 Å². The number of oxime groups is 1. The normalized spacial score (nSPS) is 41.5. The fourth-order valence-corrected chi connectivity index (χ4v) is 12.6. The first-order valence-corrected chi connectivity index (χ1v) is 26.2. The molecule has 226 valence electrons. The highest BCUT2D eigenvalue weighted by molar-refractivity contribution is 6.70. The summed E-state index contributed by atoms with van der Waals surface area (Å²) in [4.78, 5) is 5.44. The monoisotopic (exact) mass is 595 g/mol. The standard InChI is InChI=1S/C31H61NO4Si3/c1-30-18-17-23(35-38(7,8)9)19-22(30)13-14-24-25-15-16-26(27(32-33-3)21-34-37(4,5)6)31(25,2)20-28(29(24)30)36-39(10,11)12/h22-26,28-29H,13-21H2,1-12H3/b32-27+/t22-,23+,24-,25-,26+,28-,29+,30-,31-/m0/s1. The maximum Gasteiger partial charge on any atom is 0.184 e. The van der Waals surface area contributed by atoms with Gasteiger partial charge in [-0.1, -0.05) is 19.0 Å². The number of nitrogens with zero attached hydrogens (tertiary/aromatic N) is 1. The minimum atomic E-state index is -1.73. The van der Waals surface area contributed by atoms with Crippen LogP contribution in [0.1, 0.15) is 65.2 Å². The molecule has 39 heavy (non-hydrogen) atoms. The molecule has 0 bridgehead atoms. The molecule has 0 spiro atoms. The number of fused-ring (bicyclic) bond motifs is 5. The highest BCUT2D eigenvalue weighted by Gasteiger charge is 2.64. The van der Waals surface area contributed by atoms with E-state index in [1.165, 1.54) is 44.9 Å². The highest BCUT2D eigenvalue weighted by Crippen LogP contribution is 2.68. The van der Waals surface area contributed by atoms with Crippen LogP contribution in [0.3, 0.4) is 0 Å². The Hall–Kier alpha value is 0.000649. The van der Waals surface area contributed by atoms with Gasteiger partial charge in [0.1, 0.15) is 7.11 Å². The van der Waals surface area contributed by atoms with E-state index in [1.54, 1.807) is 7.11 Å². The second-order valence-corrected chi connectivity index (χ2v) is 30.4. The predicted molar refractivity (Wildman–Crippen MR) is 171 cm³/mol. The van der Waals surface area contributed by atoms with E-state index < -0.39 is 25.0 Å². The molecule has 4 rings (SSSR count). The molecule has 9 atom stereocenters. The van der Waals surface area contributed by atoms with Crippen molar-refractivity contribution in [3.05, 3.63) is 0 Å². The molecule has 0 aromatic carbocycles. The maximum absolute atomic E-state index is 7.26. The van der Waals surface area contributed by atoms with Gasteiger partial charge in [-0.3, -0.25) is 0 Å². The summed E-state index contributed by atoms with van der Waals surface area (Å²) >= 11 is 0. The molecule has 0 aromatic rings. The first-order chi connectivity index (χ1) is 17.9. The zero-order valence-corrected chi connectivity index (χ0v) is 30.5. The van der Waals surface area contributed by atoms with Crippen LogP contribution >= 0.6 is 0 Å². The van der Waals surface area contributed by atoms with Crippen LogP contribution in [0.2, 0.25) is 58.9 Å². The van der Waals surface area contributed by atoms with Gasteiger partial charge in [0.05, 0.1) is 12.3 Å². The molecule has 0 unspecified atom stereocenters. The summed E-state index contributed by atoms with van der Waals surface area (Å²) in [6, 6.07) is 0. The van der Waals surface area contributed by atoms with Gasteiger partial charge in [-0.2, -0.15) is 0 Å². The molecule has 4 saturated carbocycles. The first-order valence-electron chi connectivity index (χ1n) is 16.0. The summed E-state index contributed by atoms with van der Waals surface area (Å²) in [6.45, 7) is 26.9. The fraction of sp³-hybridized carbons (Fsp3) is 0.968. The van der Waals surface area contributed by atoms with Gasteiger partial charge in [0, 0.05) is 18.1 Å². The van der Waals surface area contributed by atoms with Crippen molar-refractivity contribution in [3.8, 4) is 0 Å². The van der Waals surface area contributed by atoms with Crippen LogP contribution in [0.25, 0.3) is 0 Å². The Balaban J connectivity index is 1.64. The summed E-state index contributed by atoms with van der Waals surface area (Å²) in [7, 11) is -3.21. The number of hydrogen-bond acceptors (Lipinski definition) is 5. The Morgan fingerprint density at radius 2 is 1.46 bits per heavy atom.